The molecule has 0 saturated carbocycles. The Kier molecular flexibility index (Phi) is 5.06. The van der Waals surface area contributed by atoms with Gasteiger partial charge < -0.3 is 15.2 Å². The zero-order chi connectivity index (χ0) is 22.3. The van der Waals surface area contributed by atoms with E-state index < -0.39 is 5.91 Å². The highest BCUT2D eigenvalue weighted by Gasteiger charge is 2.21. The van der Waals surface area contributed by atoms with E-state index in [0.717, 1.165) is 22.4 Å². The van der Waals surface area contributed by atoms with Crippen LogP contribution in [0, 0.1) is 20.8 Å². The van der Waals surface area contributed by atoms with Crippen LogP contribution in [0.1, 0.15) is 27.0 Å². The normalized spacial score (nSPS) is 11.1. The van der Waals surface area contributed by atoms with E-state index in [1.54, 1.807) is 31.3 Å². The zero-order valence-electron chi connectivity index (χ0n) is 17.8. The van der Waals surface area contributed by atoms with E-state index in [1.807, 2.05) is 32.9 Å². The summed E-state index contributed by atoms with van der Waals surface area (Å²) in [6, 6.07) is 11.0. The Morgan fingerprint density at radius 3 is 2.52 bits per heavy atom. The fourth-order valence-corrected chi connectivity index (χ4v) is 3.88. The SMILES string of the molecule is Cc1cc(C)c(NC(=O)CN(C)C(=O)c2cnn3c2[nH]c(=O)c2ccccc23)c(C)c1. The molecule has 158 valence electrons. The molecule has 0 fully saturated rings. The molecule has 4 rings (SSSR count). The molecule has 31 heavy (non-hydrogen) atoms. The number of rotatable bonds is 4. The second-order valence-corrected chi connectivity index (χ2v) is 7.77. The highest BCUT2D eigenvalue weighted by Crippen LogP contribution is 2.22. The Balaban J connectivity index is 1.58. The molecule has 8 nitrogen and oxygen atoms in total. The number of hydrogen-bond acceptors (Lipinski definition) is 4. The number of amides is 2. The Morgan fingerprint density at radius 2 is 1.81 bits per heavy atom. The summed E-state index contributed by atoms with van der Waals surface area (Å²) in [4.78, 5) is 42.0. The van der Waals surface area contributed by atoms with E-state index >= 15 is 0 Å². The van der Waals surface area contributed by atoms with Gasteiger partial charge in [0.05, 0.1) is 23.6 Å². The number of fused-ring (bicyclic) bond motifs is 3. The standard InChI is InChI=1S/C23H23N5O3/c1-13-9-14(2)20(15(3)10-13)25-19(29)12-27(4)23(31)17-11-24-28-18-8-6-5-7-16(18)22(30)26-21(17)28/h5-11H,12H2,1-4H3,(H,25,29)(H,26,30). The third kappa shape index (κ3) is 3.68. The van der Waals surface area contributed by atoms with E-state index in [0.29, 0.717) is 16.6 Å². The van der Waals surface area contributed by atoms with E-state index in [-0.39, 0.29) is 23.6 Å². The monoisotopic (exact) mass is 417 g/mol. The molecule has 0 radical (unpaired) electrons. The maximum atomic E-state index is 13.0. The predicted octanol–water partition coefficient (Wildman–Crippen LogP) is 2.81. The maximum absolute atomic E-state index is 13.0. The van der Waals surface area contributed by atoms with Gasteiger partial charge in [-0.05, 0) is 44.0 Å². The van der Waals surface area contributed by atoms with Crippen LogP contribution in [0.2, 0.25) is 0 Å². The Hall–Kier alpha value is -3.94. The van der Waals surface area contributed by atoms with Crippen LogP contribution in [0.15, 0.2) is 47.4 Å². The number of H-pyrrole nitrogens is 1. The third-order valence-corrected chi connectivity index (χ3v) is 5.28. The quantitative estimate of drug-likeness (QED) is 0.533. The van der Waals surface area contributed by atoms with Crippen LogP contribution in [-0.2, 0) is 4.79 Å². The fraction of sp³-hybridized carbons (Fsp3) is 0.217. The lowest BCUT2D eigenvalue weighted by molar-refractivity contribution is -0.116. The van der Waals surface area contributed by atoms with Gasteiger partial charge in [0.2, 0.25) is 5.91 Å². The molecule has 0 unspecified atom stereocenters. The van der Waals surface area contributed by atoms with Crippen LogP contribution in [-0.4, -0.2) is 44.9 Å². The lowest BCUT2D eigenvalue weighted by Gasteiger charge is -2.18. The van der Waals surface area contributed by atoms with E-state index in [4.69, 9.17) is 0 Å². The lowest BCUT2D eigenvalue weighted by Crippen LogP contribution is -2.35. The summed E-state index contributed by atoms with van der Waals surface area (Å²) in [6.45, 7) is 5.73. The van der Waals surface area contributed by atoms with E-state index in [2.05, 4.69) is 15.4 Å². The molecule has 2 aromatic carbocycles. The molecule has 0 spiro atoms. The van der Waals surface area contributed by atoms with Crippen LogP contribution in [0.25, 0.3) is 16.6 Å². The summed E-state index contributed by atoms with van der Waals surface area (Å²) < 4.78 is 1.52. The molecular formula is C23H23N5O3. The number of hydrogen-bond donors (Lipinski definition) is 2. The number of aryl methyl sites for hydroxylation is 3. The molecule has 2 amide bonds. The maximum Gasteiger partial charge on any atom is 0.259 e. The Morgan fingerprint density at radius 1 is 1.13 bits per heavy atom. The number of carbonyl (C=O) groups is 2. The van der Waals surface area contributed by atoms with E-state index in [1.165, 1.54) is 15.6 Å². The van der Waals surface area contributed by atoms with Crippen molar-refractivity contribution < 1.29 is 9.59 Å². The van der Waals surface area contributed by atoms with Crippen molar-refractivity contribution in [3.8, 4) is 0 Å². The molecule has 8 heteroatoms. The average Bonchev–Trinajstić information content (AvgIpc) is 3.14. The van der Waals surface area contributed by atoms with Crippen molar-refractivity contribution in [2.45, 2.75) is 20.8 Å². The van der Waals surface area contributed by atoms with Crippen LogP contribution < -0.4 is 10.9 Å². The summed E-state index contributed by atoms with van der Waals surface area (Å²) in [6.07, 6.45) is 1.41. The van der Waals surface area contributed by atoms with Gasteiger partial charge in [-0.25, -0.2) is 4.52 Å². The summed E-state index contributed by atoms with van der Waals surface area (Å²) in [5.41, 5.74) is 4.62. The van der Waals surface area contributed by atoms with Gasteiger partial charge in [-0.15, -0.1) is 0 Å². The van der Waals surface area contributed by atoms with Gasteiger partial charge in [-0.3, -0.25) is 14.4 Å². The van der Waals surface area contributed by atoms with Gasteiger partial charge in [-0.2, -0.15) is 5.10 Å². The topological polar surface area (TPSA) is 99.6 Å². The molecule has 0 saturated heterocycles. The number of nitrogens with one attached hydrogen (secondary N) is 2. The first-order chi connectivity index (χ1) is 14.8. The molecule has 2 heterocycles. The van der Waals surface area contributed by atoms with Crippen molar-refractivity contribution in [3.63, 3.8) is 0 Å². The van der Waals surface area contributed by atoms with Gasteiger partial charge in [0.25, 0.3) is 11.5 Å². The predicted molar refractivity (Wildman–Crippen MR) is 120 cm³/mol. The average molecular weight is 417 g/mol. The highest BCUT2D eigenvalue weighted by molar-refractivity contribution is 6.03. The Labute approximate surface area is 178 Å². The van der Waals surface area contributed by atoms with Gasteiger partial charge in [-0.1, -0.05) is 29.8 Å². The highest BCUT2D eigenvalue weighted by atomic mass is 16.2. The largest absolute Gasteiger partial charge is 0.332 e. The molecule has 4 aromatic rings. The van der Waals surface area contributed by atoms with Gasteiger partial charge in [0.15, 0.2) is 0 Å². The first-order valence-electron chi connectivity index (χ1n) is 9.88. The molecule has 0 aliphatic heterocycles. The van der Waals surface area contributed by atoms with Crippen LogP contribution in [0.3, 0.4) is 0 Å². The Bertz CT molecular complexity index is 1380. The number of aromatic amines is 1. The summed E-state index contributed by atoms with van der Waals surface area (Å²) in [5.74, 6) is -0.713. The van der Waals surface area contributed by atoms with Crippen molar-refractivity contribution >= 4 is 34.1 Å². The van der Waals surface area contributed by atoms with Crippen molar-refractivity contribution in [3.05, 3.63) is 75.2 Å². The molecule has 0 bridgehead atoms. The second kappa shape index (κ2) is 7.71. The summed E-state index contributed by atoms with van der Waals surface area (Å²) >= 11 is 0. The third-order valence-electron chi connectivity index (χ3n) is 5.28. The van der Waals surface area contributed by atoms with Crippen molar-refractivity contribution in [1.29, 1.82) is 0 Å². The minimum Gasteiger partial charge on any atom is -0.332 e. The first-order valence-corrected chi connectivity index (χ1v) is 9.88. The molecule has 0 aliphatic rings. The van der Waals surface area contributed by atoms with Gasteiger partial charge in [0.1, 0.15) is 11.2 Å². The van der Waals surface area contributed by atoms with Crippen LogP contribution in [0.4, 0.5) is 5.69 Å². The number of para-hydroxylation sites is 1. The number of likely N-dealkylation sites (N-methyl/N-ethyl adjacent to an activating group) is 1. The molecular weight excluding hydrogens is 394 g/mol. The van der Waals surface area contributed by atoms with Crippen molar-refractivity contribution in [2.24, 2.45) is 0 Å². The molecule has 0 aliphatic carbocycles. The van der Waals surface area contributed by atoms with Gasteiger partial charge >= 0.3 is 0 Å². The second-order valence-electron chi connectivity index (χ2n) is 7.77. The smallest absolute Gasteiger partial charge is 0.259 e. The zero-order valence-corrected chi connectivity index (χ0v) is 17.8. The first kappa shape index (κ1) is 20.3. The van der Waals surface area contributed by atoms with Crippen LogP contribution >= 0.6 is 0 Å². The number of nitrogens with zero attached hydrogens (tertiary/aromatic N) is 3. The van der Waals surface area contributed by atoms with Gasteiger partial charge in [0, 0.05) is 12.7 Å². The van der Waals surface area contributed by atoms with Crippen molar-refractivity contribution in [2.75, 3.05) is 18.9 Å². The van der Waals surface area contributed by atoms with Crippen molar-refractivity contribution in [1.82, 2.24) is 19.5 Å². The summed E-state index contributed by atoms with van der Waals surface area (Å²) in [7, 11) is 1.54. The number of anilines is 1. The number of aromatic nitrogens is 3. The number of benzene rings is 2. The van der Waals surface area contributed by atoms with Crippen LogP contribution in [0.5, 0.6) is 0 Å². The molecule has 2 aromatic heterocycles. The number of carbonyl (C=O) groups excluding carboxylic acids is 2. The molecule has 2 N–H and O–H groups in total. The minimum absolute atomic E-state index is 0.138. The van der Waals surface area contributed by atoms with E-state index in [9.17, 15) is 14.4 Å². The fourth-order valence-electron chi connectivity index (χ4n) is 3.88. The minimum atomic E-state index is -0.409. The molecule has 0 atom stereocenters. The summed E-state index contributed by atoms with van der Waals surface area (Å²) in [5, 5.41) is 7.64. The lowest BCUT2D eigenvalue weighted by atomic mass is 10.1.